The fraction of sp³-hybridized carbons (Fsp3) is 0.533. The zero-order valence-electron chi connectivity index (χ0n) is 13.3. The van der Waals surface area contributed by atoms with Gasteiger partial charge in [0.2, 0.25) is 0 Å². The highest BCUT2D eigenvalue weighted by atomic mass is 32.2. The van der Waals surface area contributed by atoms with E-state index in [9.17, 15) is 4.79 Å². The number of furan rings is 1. The lowest BCUT2D eigenvalue weighted by Crippen LogP contribution is -2.29. The zero-order chi connectivity index (χ0) is 16.2. The van der Waals surface area contributed by atoms with Crippen LogP contribution in [0.4, 0.5) is 0 Å². The van der Waals surface area contributed by atoms with E-state index in [2.05, 4.69) is 25.4 Å². The molecular formula is C15H21N5O2S. The molecule has 1 aliphatic heterocycles. The zero-order valence-corrected chi connectivity index (χ0v) is 14.2. The number of nitrogens with zero attached hydrogens (tertiary/aromatic N) is 3. The molecule has 1 aliphatic rings. The summed E-state index contributed by atoms with van der Waals surface area (Å²) in [6.07, 6.45) is 2.33. The number of piperidine rings is 1. The molecule has 2 N–H and O–H groups in total. The van der Waals surface area contributed by atoms with Gasteiger partial charge >= 0.3 is 0 Å². The molecule has 0 unspecified atom stereocenters. The van der Waals surface area contributed by atoms with Gasteiger partial charge in [-0.2, -0.15) is 0 Å². The first kappa shape index (κ1) is 16.1. The highest BCUT2D eigenvalue weighted by molar-refractivity contribution is 7.98. The monoisotopic (exact) mass is 335 g/mol. The molecule has 2 aromatic rings. The van der Waals surface area contributed by atoms with Gasteiger partial charge in [-0.3, -0.25) is 4.79 Å². The van der Waals surface area contributed by atoms with Crippen LogP contribution in [0.3, 0.4) is 0 Å². The normalized spacial score (nSPS) is 18.1. The summed E-state index contributed by atoms with van der Waals surface area (Å²) in [5.41, 5.74) is 0. The van der Waals surface area contributed by atoms with Gasteiger partial charge in [0, 0.05) is 26.6 Å². The van der Waals surface area contributed by atoms with Gasteiger partial charge in [0.15, 0.2) is 10.9 Å². The Morgan fingerprint density at radius 2 is 2.39 bits per heavy atom. The molecule has 1 fully saturated rings. The molecule has 124 valence electrons. The highest BCUT2D eigenvalue weighted by Crippen LogP contribution is 2.27. The van der Waals surface area contributed by atoms with Crippen molar-refractivity contribution >= 4 is 17.7 Å². The van der Waals surface area contributed by atoms with E-state index in [1.165, 1.54) is 6.42 Å². The van der Waals surface area contributed by atoms with Gasteiger partial charge in [0.25, 0.3) is 5.91 Å². The maximum atomic E-state index is 11.5. The minimum atomic E-state index is -0.216. The predicted molar refractivity (Wildman–Crippen MR) is 87.5 cm³/mol. The molecule has 0 aromatic carbocycles. The summed E-state index contributed by atoms with van der Waals surface area (Å²) in [6, 6.07) is 3.50. The van der Waals surface area contributed by atoms with E-state index in [1.807, 2.05) is 13.1 Å². The number of thioether (sulfide) groups is 1. The van der Waals surface area contributed by atoms with Gasteiger partial charge in [-0.25, -0.2) is 0 Å². The van der Waals surface area contributed by atoms with Crippen LogP contribution in [-0.2, 0) is 12.8 Å². The molecular weight excluding hydrogens is 314 g/mol. The van der Waals surface area contributed by atoms with E-state index < -0.39 is 0 Å². The molecule has 0 bridgehead atoms. The first-order valence-electron chi connectivity index (χ1n) is 7.72. The number of hydrogen-bond acceptors (Lipinski definition) is 6. The Bertz CT molecular complexity index is 675. The molecule has 3 heterocycles. The van der Waals surface area contributed by atoms with Crippen LogP contribution in [0.25, 0.3) is 0 Å². The first-order valence-corrected chi connectivity index (χ1v) is 8.71. The summed E-state index contributed by atoms with van der Waals surface area (Å²) < 4.78 is 7.58. The lowest BCUT2D eigenvalue weighted by atomic mass is 9.99. The van der Waals surface area contributed by atoms with Crippen LogP contribution in [-0.4, -0.2) is 40.8 Å². The smallest absolute Gasteiger partial charge is 0.286 e. The summed E-state index contributed by atoms with van der Waals surface area (Å²) in [5, 5.41) is 15.5. The van der Waals surface area contributed by atoms with Crippen LogP contribution >= 0.6 is 11.8 Å². The third-order valence-corrected chi connectivity index (χ3v) is 5.03. The minimum Gasteiger partial charge on any atom is -0.455 e. The maximum Gasteiger partial charge on any atom is 0.286 e. The molecule has 8 heteroatoms. The average molecular weight is 335 g/mol. The lowest BCUT2D eigenvalue weighted by Gasteiger charge is -2.21. The van der Waals surface area contributed by atoms with Crippen LogP contribution in [0.5, 0.6) is 0 Å². The molecule has 0 spiro atoms. The predicted octanol–water partition coefficient (Wildman–Crippen LogP) is 1.53. The molecule has 23 heavy (non-hydrogen) atoms. The standard InChI is InChI=1S/C15H21N5O2S/c1-16-14(21)12-6-5-11(22-12)9-23-15-19-18-13(20(15)2)10-4-3-7-17-8-10/h5-6,10,17H,3-4,7-9H2,1-2H3,(H,16,21)/t10-/m0/s1. The average Bonchev–Trinajstić information content (AvgIpc) is 3.20. The Hall–Kier alpha value is -1.80. The van der Waals surface area contributed by atoms with Crippen LogP contribution in [0.2, 0.25) is 0 Å². The van der Waals surface area contributed by atoms with Crippen molar-refractivity contribution in [3.63, 3.8) is 0 Å². The minimum absolute atomic E-state index is 0.216. The Labute approximate surface area is 139 Å². The largest absolute Gasteiger partial charge is 0.455 e. The number of nitrogens with one attached hydrogen (secondary N) is 2. The Morgan fingerprint density at radius 3 is 3.13 bits per heavy atom. The number of hydrogen-bond donors (Lipinski definition) is 2. The van der Waals surface area contributed by atoms with Crippen molar-refractivity contribution in [2.45, 2.75) is 29.7 Å². The highest BCUT2D eigenvalue weighted by Gasteiger charge is 2.22. The van der Waals surface area contributed by atoms with Gasteiger partial charge in [-0.1, -0.05) is 11.8 Å². The second-order valence-electron chi connectivity index (χ2n) is 5.58. The summed E-state index contributed by atoms with van der Waals surface area (Å²) in [5.74, 6) is 2.94. The van der Waals surface area contributed by atoms with Crippen LogP contribution in [0.1, 0.15) is 40.9 Å². The molecule has 0 saturated carbocycles. The van der Waals surface area contributed by atoms with Crippen LogP contribution in [0.15, 0.2) is 21.7 Å². The summed E-state index contributed by atoms with van der Waals surface area (Å²) in [6.45, 7) is 2.05. The van der Waals surface area contributed by atoms with Gasteiger partial charge in [-0.15, -0.1) is 10.2 Å². The molecule has 7 nitrogen and oxygen atoms in total. The van der Waals surface area contributed by atoms with Crippen LogP contribution in [0, 0.1) is 0 Å². The number of aromatic nitrogens is 3. The summed E-state index contributed by atoms with van der Waals surface area (Å²) in [7, 11) is 3.59. The molecule has 0 aliphatic carbocycles. The van der Waals surface area contributed by atoms with Crippen molar-refractivity contribution in [1.29, 1.82) is 0 Å². The number of rotatable bonds is 5. The molecule has 0 radical (unpaired) electrons. The quantitative estimate of drug-likeness (QED) is 0.806. The second kappa shape index (κ2) is 7.18. The van der Waals surface area contributed by atoms with E-state index in [4.69, 9.17) is 4.42 Å². The SMILES string of the molecule is CNC(=O)c1ccc(CSc2nnc([C@H]3CCCNC3)n2C)o1. The van der Waals surface area contributed by atoms with Gasteiger partial charge in [0.05, 0.1) is 5.75 Å². The third kappa shape index (κ3) is 3.59. The van der Waals surface area contributed by atoms with E-state index in [-0.39, 0.29) is 5.91 Å². The maximum absolute atomic E-state index is 11.5. The van der Waals surface area contributed by atoms with Gasteiger partial charge < -0.3 is 19.6 Å². The number of carbonyl (C=O) groups is 1. The molecule has 3 rings (SSSR count). The van der Waals surface area contributed by atoms with E-state index in [0.29, 0.717) is 17.4 Å². The molecule has 2 aromatic heterocycles. The van der Waals surface area contributed by atoms with Gasteiger partial charge in [-0.05, 0) is 31.5 Å². The topological polar surface area (TPSA) is 85.0 Å². The fourth-order valence-electron chi connectivity index (χ4n) is 2.72. The summed E-state index contributed by atoms with van der Waals surface area (Å²) in [4.78, 5) is 11.5. The number of carbonyl (C=O) groups excluding carboxylic acids is 1. The second-order valence-corrected chi connectivity index (χ2v) is 6.52. The summed E-state index contributed by atoms with van der Waals surface area (Å²) >= 11 is 1.56. The molecule has 1 atom stereocenters. The van der Waals surface area contributed by atoms with Crippen molar-refractivity contribution < 1.29 is 9.21 Å². The van der Waals surface area contributed by atoms with Gasteiger partial charge in [0.1, 0.15) is 11.6 Å². The molecule has 1 amide bonds. The lowest BCUT2D eigenvalue weighted by molar-refractivity contribution is 0.0934. The van der Waals surface area contributed by atoms with Crippen molar-refractivity contribution in [3.8, 4) is 0 Å². The third-order valence-electron chi connectivity index (χ3n) is 3.99. The molecule has 1 saturated heterocycles. The Balaban J connectivity index is 1.63. The van der Waals surface area contributed by atoms with E-state index >= 15 is 0 Å². The fourth-order valence-corrected chi connectivity index (χ4v) is 3.53. The number of amides is 1. The Morgan fingerprint density at radius 1 is 1.52 bits per heavy atom. The van der Waals surface area contributed by atoms with E-state index in [0.717, 1.165) is 36.3 Å². The van der Waals surface area contributed by atoms with Crippen molar-refractivity contribution in [2.24, 2.45) is 7.05 Å². The van der Waals surface area contributed by atoms with Crippen molar-refractivity contribution in [2.75, 3.05) is 20.1 Å². The van der Waals surface area contributed by atoms with Crippen LogP contribution < -0.4 is 10.6 Å². The van der Waals surface area contributed by atoms with Crippen molar-refractivity contribution in [1.82, 2.24) is 25.4 Å². The van der Waals surface area contributed by atoms with Crippen molar-refractivity contribution in [3.05, 3.63) is 29.5 Å². The first-order chi connectivity index (χ1) is 11.2. The van der Waals surface area contributed by atoms with E-state index in [1.54, 1.807) is 24.9 Å². The Kier molecular flexibility index (Phi) is 5.02.